The van der Waals surface area contributed by atoms with Gasteiger partial charge in [-0.3, -0.25) is 14.0 Å². The Balaban J connectivity index is 0.00000144. The molecule has 0 atom stereocenters. The smallest absolute Gasteiger partial charge is 0.266 e. The van der Waals surface area contributed by atoms with Crippen LogP contribution in [-0.4, -0.2) is 43.9 Å². The summed E-state index contributed by atoms with van der Waals surface area (Å²) in [5.41, 5.74) is 2.57. The number of nitrogens with zero attached hydrogens (tertiary/aromatic N) is 5. The Labute approximate surface area is 213 Å². The van der Waals surface area contributed by atoms with E-state index < -0.39 is 5.82 Å². The molecular formula is C25H24Cl2FN5O2. The Kier molecular flexibility index (Phi) is 7.25. The number of pyridine rings is 2. The standard InChI is InChI=1S/C25H22FN5O2.2ClH/c26-18-3-5-21(27-16-18)24-14-20-23(33-24)7-10-30(25(20)32)19-4-6-22-17(13-19)15-28-31(22)12-11-29-8-1-2-9-29;;/h3-7,10,13-16H,1-2,8-9,11-12H2;2*1H. The van der Waals surface area contributed by atoms with E-state index in [1.807, 2.05) is 29.1 Å². The highest BCUT2D eigenvalue weighted by Crippen LogP contribution is 2.25. The SMILES string of the molecule is Cl.Cl.O=c1c2cc(-c3ccc(F)cn3)oc2ccn1-c1ccc2c(cnn2CCN2CCCC2)c1. The van der Waals surface area contributed by atoms with Crippen molar-refractivity contribution in [1.82, 2.24) is 24.2 Å². The molecule has 0 saturated carbocycles. The van der Waals surface area contributed by atoms with Crippen molar-refractivity contribution in [2.24, 2.45) is 0 Å². The summed E-state index contributed by atoms with van der Waals surface area (Å²) in [6, 6.07) is 12.2. The molecule has 5 heterocycles. The molecule has 1 saturated heterocycles. The Hall–Kier alpha value is -3.20. The highest BCUT2D eigenvalue weighted by molar-refractivity contribution is 5.86. The van der Waals surface area contributed by atoms with Crippen LogP contribution in [0.1, 0.15) is 12.8 Å². The lowest BCUT2D eigenvalue weighted by Crippen LogP contribution is -2.24. The molecule has 0 N–H and O–H groups in total. The fraction of sp³-hybridized carbons (Fsp3) is 0.240. The average Bonchev–Trinajstić information content (AvgIpc) is 3.58. The van der Waals surface area contributed by atoms with Gasteiger partial charge in [0.15, 0.2) is 5.76 Å². The maximum atomic E-state index is 13.2. The predicted molar refractivity (Wildman–Crippen MR) is 138 cm³/mol. The van der Waals surface area contributed by atoms with E-state index in [0.717, 1.165) is 35.9 Å². The van der Waals surface area contributed by atoms with Crippen LogP contribution in [0.4, 0.5) is 4.39 Å². The first-order valence-electron chi connectivity index (χ1n) is 11.1. The molecule has 10 heteroatoms. The van der Waals surface area contributed by atoms with Crippen molar-refractivity contribution in [3.05, 3.63) is 77.2 Å². The van der Waals surface area contributed by atoms with Crippen LogP contribution in [0.25, 0.3) is 39.0 Å². The van der Waals surface area contributed by atoms with Crippen molar-refractivity contribution in [2.45, 2.75) is 19.4 Å². The highest BCUT2D eigenvalue weighted by Gasteiger charge is 2.15. The number of aromatic nitrogens is 4. The lowest BCUT2D eigenvalue weighted by atomic mass is 10.2. The van der Waals surface area contributed by atoms with Crippen LogP contribution in [0.2, 0.25) is 0 Å². The van der Waals surface area contributed by atoms with Crippen LogP contribution in [-0.2, 0) is 6.54 Å². The zero-order chi connectivity index (χ0) is 22.4. The molecule has 182 valence electrons. The number of hydrogen-bond acceptors (Lipinski definition) is 5. The second kappa shape index (κ2) is 10.2. The third-order valence-electron chi connectivity index (χ3n) is 6.30. The average molecular weight is 516 g/mol. The summed E-state index contributed by atoms with van der Waals surface area (Å²) in [4.78, 5) is 19.7. The van der Waals surface area contributed by atoms with Crippen LogP contribution in [0.3, 0.4) is 0 Å². The molecule has 7 nitrogen and oxygen atoms in total. The molecule has 0 unspecified atom stereocenters. The number of halogens is 3. The van der Waals surface area contributed by atoms with E-state index in [1.165, 1.54) is 38.1 Å². The van der Waals surface area contributed by atoms with Crippen molar-refractivity contribution in [3.63, 3.8) is 0 Å². The minimum absolute atomic E-state index is 0. The van der Waals surface area contributed by atoms with Gasteiger partial charge in [0.25, 0.3) is 5.56 Å². The molecule has 1 fully saturated rings. The Morgan fingerprint density at radius 3 is 2.57 bits per heavy atom. The van der Waals surface area contributed by atoms with E-state index in [1.54, 1.807) is 22.9 Å². The summed E-state index contributed by atoms with van der Waals surface area (Å²) in [5.74, 6) is 0.00144. The second-order valence-electron chi connectivity index (χ2n) is 8.40. The molecule has 35 heavy (non-hydrogen) atoms. The Morgan fingerprint density at radius 2 is 1.80 bits per heavy atom. The number of rotatable bonds is 5. The molecule has 1 aromatic carbocycles. The summed E-state index contributed by atoms with van der Waals surface area (Å²) in [7, 11) is 0. The number of likely N-dealkylation sites (tertiary alicyclic amines) is 1. The predicted octanol–water partition coefficient (Wildman–Crippen LogP) is 5.07. The molecule has 0 spiro atoms. The van der Waals surface area contributed by atoms with Crippen LogP contribution in [0, 0.1) is 5.82 Å². The van der Waals surface area contributed by atoms with Gasteiger partial charge < -0.3 is 9.32 Å². The van der Waals surface area contributed by atoms with Crippen LogP contribution in [0.15, 0.2) is 70.3 Å². The molecule has 6 rings (SSSR count). The van der Waals surface area contributed by atoms with Crippen LogP contribution in [0.5, 0.6) is 0 Å². The molecule has 0 bridgehead atoms. The monoisotopic (exact) mass is 515 g/mol. The summed E-state index contributed by atoms with van der Waals surface area (Å²) in [5, 5.41) is 6.00. The van der Waals surface area contributed by atoms with E-state index in [-0.39, 0.29) is 30.4 Å². The number of hydrogen-bond donors (Lipinski definition) is 0. The molecular weight excluding hydrogens is 492 g/mol. The van der Waals surface area contributed by atoms with Gasteiger partial charge in [-0.25, -0.2) is 9.37 Å². The number of benzene rings is 1. The van der Waals surface area contributed by atoms with E-state index in [0.29, 0.717) is 22.4 Å². The lowest BCUT2D eigenvalue weighted by Gasteiger charge is -2.14. The van der Waals surface area contributed by atoms with Crippen molar-refractivity contribution in [3.8, 4) is 17.1 Å². The Morgan fingerprint density at radius 1 is 0.971 bits per heavy atom. The summed E-state index contributed by atoms with van der Waals surface area (Å²) < 4.78 is 22.6. The van der Waals surface area contributed by atoms with E-state index in [4.69, 9.17) is 4.42 Å². The first kappa shape index (κ1) is 24.9. The van der Waals surface area contributed by atoms with Gasteiger partial charge in [-0.15, -0.1) is 24.8 Å². The van der Waals surface area contributed by atoms with Crippen molar-refractivity contribution < 1.29 is 8.81 Å². The quantitative estimate of drug-likeness (QED) is 0.326. The minimum Gasteiger partial charge on any atom is -0.454 e. The molecule has 0 amide bonds. The van der Waals surface area contributed by atoms with Gasteiger partial charge in [-0.1, -0.05) is 0 Å². The number of furan rings is 1. The fourth-order valence-electron chi connectivity index (χ4n) is 4.53. The van der Waals surface area contributed by atoms with Gasteiger partial charge in [0, 0.05) is 23.8 Å². The van der Waals surface area contributed by atoms with Gasteiger partial charge >= 0.3 is 0 Å². The normalized spacial score (nSPS) is 13.7. The molecule has 0 radical (unpaired) electrons. The van der Waals surface area contributed by atoms with E-state index in [2.05, 4.69) is 15.0 Å². The van der Waals surface area contributed by atoms with Crippen molar-refractivity contribution in [2.75, 3.05) is 19.6 Å². The topological polar surface area (TPSA) is 69.1 Å². The zero-order valence-electron chi connectivity index (χ0n) is 18.8. The maximum absolute atomic E-state index is 13.2. The highest BCUT2D eigenvalue weighted by atomic mass is 35.5. The first-order chi connectivity index (χ1) is 16.2. The lowest BCUT2D eigenvalue weighted by molar-refractivity contribution is 0.318. The van der Waals surface area contributed by atoms with E-state index >= 15 is 0 Å². The molecule has 1 aliphatic rings. The zero-order valence-corrected chi connectivity index (χ0v) is 20.4. The third kappa shape index (κ3) is 4.69. The largest absolute Gasteiger partial charge is 0.454 e. The first-order valence-corrected chi connectivity index (χ1v) is 11.1. The van der Waals surface area contributed by atoms with Gasteiger partial charge in [-0.05, 0) is 68.4 Å². The summed E-state index contributed by atoms with van der Waals surface area (Å²) in [6.45, 7) is 4.19. The summed E-state index contributed by atoms with van der Waals surface area (Å²) >= 11 is 0. The van der Waals surface area contributed by atoms with Crippen molar-refractivity contribution in [1.29, 1.82) is 0 Å². The van der Waals surface area contributed by atoms with Crippen LogP contribution >= 0.6 is 24.8 Å². The fourth-order valence-corrected chi connectivity index (χ4v) is 4.53. The molecule has 1 aliphatic heterocycles. The maximum Gasteiger partial charge on any atom is 0.266 e. The van der Waals surface area contributed by atoms with Gasteiger partial charge in [0.05, 0.1) is 29.8 Å². The van der Waals surface area contributed by atoms with Crippen molar-refractivity contribution >= 4 is 46.7 Å². The molecule has 4 aromatic heterocycles. The summed E-state index contributed by atoms with van der Waals surface area (Å²) in [6.07, 6.45) is 7.24. The van der Waals surface area contributed by atoms with Gasteiger partial charge in [0.2, 0.25) is 0 Å². The Bertz CT molecular complexity index is 1520. The molecule has 5 aromatic rings. The third-order valence-corrected chi connectivity index (χ3v) is 6.30. The van der Waals surface area contributed by atoms with E-state index in [9.17, 15) is 9.18 Å². The second-order valence-corrected chi connectivity index (χ2v) is 8.40. The van der Waals surface area contributed by atoms with Gasteiger partial charge in [0.1, 0.15) is 17.1 Å². The molecule has 0 aliphatic carbocycles. The number of fused-ring (bicyclic) bond motifs is 2. The minimum atomic E-state index is -0.424. The van der Waals surface area contributed by atoms with Crippen LogP contribution < -0.4 is 5.56 Å². The van der Waals surface area contributed by atoms with Gasteiger partial charge in [-0.2, -0.15) is 5.10 Å².